The maximum atomic E-state index is 12.1. The Bertz CT molecular complexity index is 364. The van der Waals surface area contributed by atoms with Crippen molar-refractivity contribution in [2.45, 2.75) is 19.4 Å². The number of halogens is 1. The largest absolute Gasteiger partial charge is 0.339 e. The molecule has 2 N–H and O–H groups in total. The number of carbonyl (C=O) groups is 1. The molecule has 0 aromatic carbocycles. The molecule has 0 saturated carbocycles. The number of hydrogen-bond acceptors (Lipinski definition) is 4. The van der Waals surface area contributed by atoms with Crippen molar-refractivity contribution in [3.05, 3.63) is 0 Å². The molecule has 1 aliphatic rings. The third-order valence-corrected chi connectivity index (χ3v) is 3.26. The van der Waals surface area contributed by atoms with Crippen molar-refractivity contribution in [1.82, 2.24) is 14.9 Å². The highest BCUT2D eigenvalue weighted by molar-refractivity contribution is 7.88. The van der Waals surface area contributed by atoms with E-state index in [0.717, 1.165) is 19.3 Å². The second-order valence-corrected chi connectivity index (χ2v) is 6.29. The second kappa shape index (κ2) is 5.99. The number of nitrogens with one attached hydrogen (secondary N) is 2. The van der Waals surface area contributed by atoms with Crippen molar-refractivity contribution in [3.63, 3.8) is 0 Å². The first-order valence-electron chi connectivity index (χ1n) is 5.21. The molecule has 102 valence electrons. The van der Waals surface area contributed by atoms with Gasteiger partial charge in [-0.05, 0) is 13.8 Å². The average Bonchev–Trinajstić information content (AvgIpc) is 2.14. The van der Waals surface area contributed by atoms with E-state index in [4.69, 9.17) is 0 Å². The van der Waals surface area contributed by atoms with Gasteiger partial charge in [-0.3, -0.25) is 4.79 Å². The average molecular weight is 286 g/mol. The molecule has 0 radical (unpaired) electrons. The molecule has 17 heavy (non-hydrogen) atoms. The molecule has 1 heterocycles. The minimum atomic E-state index is -3.38. The minimum Gasteiger partial charge on any atom is -0.339 e. The van der Waals surface area contributed by atoms with Gasteiger partial charge in [-0.15, -0.1) is 12.4 Å². The molecule has 0 unspecified atom stereocenters. The molecule has 0 aromatic rings. The van der Waals surface area contributed by atoms with Crippen LogP contribution in [0, 0.1) is 0 Å². The standard InChI is InChI=1S/C9H19N3O3S.ClH/c1-9(2,11-16(3,14)15)8(13)12-6-4-10-5-7-12;/h10-11H,4-7H2,1-3H3;1H. The summed E-state index contributed by atoms with van der Waals surface area (Å²) >= 11 is 0. The molecule has 1 saturated heterocycles. The van der Waals surface area contributed by atoms with E-state index in [1.165, 1.54) is 0 Å². The third-order valence-electron chi connectivity index (χ3n) is 2.38. The van der Waals surface area contributed by atoms with Crippen molar-refractivity contribution in [2.24, 2.45) is 0 Å². The lowest BCUT2D eigenvalue weighted by Gasteiger charge is -2.34. The normalized spacial score (nSPS) is 17.5. The van der Waals surface area contributed by atoms with Crippen LogP contribution in [-0.2, 0) is 14.8 Å². The maximum absolute atomic E-state index is 12.1. The summed E-state index contributed by atoms with van der Waals surface area (Å²) in [5.41, 5.74) is -1.08. The summed E-state index contributed by atoms with van der Waals surface area (Å²) < 4.78 is 24.6. The van der Waals surface area contributed by atoms with E-state index < -0.39 is 15.6 Å². The number of nitrogens with zero attached hydrogens (tertiary/aromatic N) is 1. The van der Waals surface area contributed by atoms with E-state index in [9.17, 15) is 13.2 Å². The monoisotopic (exact) mass is 285 g/mol. The van der Waals surface area contributed by atoms with Crippen LogP contribution in [-0.4, -0.2) is 57.2 Å². The Hall–Kier alpha value is -0.370. The molecule has 0 bridgehead atoms. The van der Waals surface area contributed by atoms with Crippen LogP contribution in [0.5, 0.6) is 0 Å². The SMILES string of the molecule is CC(C)(NS(C)(=O)=O)C(=O)N1CCNCC1.Cl. The first kappa shape index (κ1) is 16.6. The lowest BCUT2D eigenvalue weighted by atomic mass is 10.1. The number of hydrogen-bond donors (Lipinski definition) is 2. The number of sulfonamides is 1. The summed E-state index contributed by atoms with van der Waals surface area (Å²) in [6.07, 6.45) is 1.06. The Balaban J connectivity index is 0.00000256. The summed E-state index contributed by atoms with van der Waals surface area (Å²) in [7, 11) is -3.38. The van der Waals surface area contributed by atoms with Gasteiger partial charge in [0.15, 0.2) is 0 Å². The fourth-order valence-electron chi connectivity index (χ4n) is 1.77. The van der Waals surface area contributed by atoms with Gasteiger partial charge >= 0.3 is 0 Å². The molecule has 1 fully saturated rings. The molecule has 0 atom stereocenters. The van der Waals surface area contributed by atoms with Crippen LogP contribution in [0.1, 0.15) is 13.8 Å². The molecular weight excluding hydrogens is 266 g/mol. The Labute approximate surface area is 109 Å². The molecule has 1 rings (SSSR count). The zero-order valence-electron chi connectivity index (χ0n) is 10.3. The van der Waals surface area contributed by atoms with Crippen molar-refractivity contribution in [2.75, 3.05) is 32.4 Å². The predicted molar refractivity (Wildman–Crippen MR) is 68.8 cm³/mol. The Kier molecular flexibility index (Phi) is 5.86. The van der Waals surface area contributed by atoms with Gasteiger partial charge in [0.2, 0.25) is 15.9 Å². The molecule has 1 aliphatic heterocycles. The molecule has 1 amide bonds. The Morgan fingerprint density at radius 2 is 1.76 bits per heavy atom. The van der Waals surface area contributed by atoms with Crippen molar-refractivity contribution in [1.29, 1.82) is 0 Å². The van der Waals surface area contributed by atoms with Gasteiger partial charge < -0.3 is 10.2 Å². The molecular formula is C9H20ClN3O3S. The summed E-state index contributed by atoms with van der Waals surface area (Å²) in [6.45, 7) is 5.90. The number of rotatable bonds is 3. The first-order valence-corrected chi connectivity index (χ1v) is 7.10. The Morgan fingerprint density at radius 1 is 1.29 bits per heavy atom. The van der Waals surface area contributed by atoms with Crippen molar-refractivity contribution < 1.29 is 13.2 Å². The van der Waals surface area contributed by atoms with Crippen LogP contribution in [0.4, 0.5) is 0 Å². The molecule has 0 aliphatic carbocycles. The van der Waals surface area contributed by atoms with Gasteiger partial charge in [0, 0.05) is 26.2 Å². The highest BCUT2D eigenvalue weighted by atomic mass is 35.5. The number of piperazine rings is 1. The van der Waals surface area contributed by atoms with E-state index in [2.05, 4.69) is 10.0 Å². The smallest absolute Gasteiger partial charge is 0.243 e. The van der Waals surface area contributed by atoms with Gasteiger partial charge in [-0.1, -0.05) is 0 Å². The molecule has 0 aromatic heterocycles. The van der Waals surface area contributed by atoms with Crippen molar-refractivity contribution in [3.8, 4) is 0 Å². The van der Waals surface area contributed by atoms with Gasteiger partial charge in [0.05, 0.1) is 6.26 Å². The molecule has 0 spiro atoms. The van der Waals surface area contributed by atoms with Crippen LogP contribution in [0.2, 0.25) is 0 Å². The van der Waals surface area contributed by atoms with Crippen molar-refractivity contribution >= 4 is 28.3 Å². The third kappa shape index (κ3) is 5.20. The van der Waals surface area contributed by atoms with Crippen LogP contribution >= 0.6 is 12.4 Å². The predicted octanol–water partition coefficient (Wildman–Crippen LogP) is -0.832. The molecule has 8 heteroatoms. The van der Waals surface area contributed by atoms with Crippen LogP contribution < -0.4 is 10.0 Å². The Morgan fingerprint density at radius 3 is 2.18 bits per heavy atom. The van der Waals surface area contributed by atoms with Crippen LogP contribution in [0.3, 0.4) is 0 Å². The fourth-order valence-corrected chi connectivity index (χ4v) is 2.78. The lowest BCUT2D eigenvalue weighted by Crippen LogP contribution is -2.59. The van der Waals surface area contributed by atoms with Crippen LogP contribution in [0.15, 0.2) is 0 Å². The lowest BCUT2D eigenvalue weighted by molar-refractivity contribution is -0.136. The highest BCUT2D eigenvalue weighted by Gasteiger charge is 2.34. The van der Waals surface area contributed by atoms with Crippen LogP contribution in [0.25, 0.3) is 0 Å². The topological polar surface area (TPSA) is 78.5 Å². The van der Waals surface area contributed by atoms with Gasteiger partial charge in [-0.2, -0.15) is 0 Å². The van der Waals surface area contributed by atoms with Gasteiger partial charge in [0.25, 0.3) is 0 Å². The number of amides is 1. The number of carbonyl (C=O) groups excluding carboxylic acids is 1. The minimum absolute atomic E-state index is 0. The second-order valence-electron chi connectivity index (χ2n) is 4.54. The molecule has 6 nitrogen and oxygen atoms in total. The zero-order valence-corrected chi connectivity index (χ0v) is 11.9. The zero-order chi connectivity index (χ0) is 12.4. The maximum Gasteiger partial charge on any atom is 0.243 e. The van der Waals surface area contributed by atoms with E-state index >= 15 is 0 Å². The van der Waals surface area contributed by atoms with Gasteiger partial charge in [-0.25, -0.2) is 13.1 Å². The van der Waals surface area contributed by atoms with E-state index in [1.807, 2.05) is 0 Å². The highest BCUT2D eigenvalue weighted by Crippen LogP contribution is 2.10. The summed E-state index contributed by atoms with van der Waals surface area (Å²) in [6, 6.07) is 0. The van der Waals surface area contributed by atoms with E-state index in [-0.39, 0.29) is 18.3 Å². The van der Waals surface area contributed by atoms with E-state index in [1.54, 1.807) is 18.7 Å². The summed E-state index contributed by atoms with van der Waals surface area (Å²) in [5.74, 6) is -0.181. The van der Waals surface area contributed by atoms with Gasteiger partial charge in [0.1, 0.15) is 5.54 Å². The summed E-state index contributed by atoms with van der Waals surface area (Å²) in [5, 5.41) is 3.14. The quantitative estimate of drug-likeness (QED) is 0.709. The first-order chi connectivity index (χ1) is 7.22. The summed E-state index contributed by atoms with van der Waals surface area (Å²) in [4.78, 5) is 13.7. The van der Waals surface area contributed by atoms with E-state index in [0.29, 0.717) is 13.1 Å². The fraction of sp³-hybridized carbons (Fsp3) is 0.889.